The molecule has 1 aliphatic rings. The van der Waals surface area contributed by atoms with Crippen LogP contribution in [0.15, 0.2) is 12.1 Å². The molecule has 1 aromatic heterocycles. The molecular weight excluding hydrogens is 218 g/mol. The first-order valence-electron chi connectivity index (χ1n) is 6.20. The molecule has 0 amide bonds. The van der Waals surface area contributed by atoms with E-state index in [-0.39, 0.29) is 11.6 Å². The summed E-state index contributed by atoms with van der Waals surface area (Å²) >= 11 is 1.86. The van der Waals surface area contributed by atoms with Crippen molar-refractivity contribution in [3.8, 4) is 0 Å². The highest BCUT2D eigenvalue weighted by Crippen LogP contribution is 2.38. The van der Waals surface area contributed by atoms with Crippen molar-refractivity contribution < 1.29 is 5.11 Å². The fourth-order valence-corrected chi connectivity index (χ4v) is 3.66. The lowest BCUT2D eigenvalue weighted by atomic mass is 9.80. The summed E-state index contributed by atoms with van der Waals surface area (Å²) in [6, 6.07) is 4.40. The highest BCUT2D eigenvalue weighted by atomic mass is 32.1. The highest BCUT2D eigenvalue weighted by Gasteiger charge is 2.33. The lowest BCUT2D eigenvalue weighted by Crippen LogP contribution is -2.40. The molecule has 16 heavy (non-hydrogen) atoms. The molecule has 2 nitrogen and oxygen atoms in total. The number of rotatable bonds is 3. The second-order valence-corrected chi connectivity index (χ2v) is 6.07. The van der Waals surface area contributed by atoms with Crippen LogP contribution < -0.4 is 5.73 Å². The minimum Gasteiger partial charge on any atom is -0.393 e. The van der Waals surface area contributed by atoms with E-state index in [4.69, 9.17) is 5.73 Å². The average Bonchev–Trinajstić information content (AvgIpc) is 2.73. The maximum absolute atomic E-state index is 9.53. The van der Waals surface area contributed by atoms with E-state index in [2.05, 4.69) is 19.1 Å². The number of nitrogens with two attached hydrogens (primary N) is 1. The van der Waals surface area contributed by atoms with Gasteiger partial charge >= 0.3 is 0 Å². The Morgan fingerprint density at radius 1 is 1.44 bits per heavy atom. The minimum atomic E-state index is -0.171. The lowest BCUT2D eigenvalue weighted by Gasteiger charge is -2.34. The average molecular weight is 239 g/mol. The number of hydrogen-bond acceptors (Lipinski definition) is 3. The third-order valence-corrected chi connectivity index (χ3v) is 4.86. The fraction of sp³-hybridized carbons (Fsp3) is 0.692. The van der Waals surface area contributed by atoms with Gasteiger partial charge in [-0.2, -0.15) is 0 Å². The van der Waals surface area contributed by atoms with Crippen LogP contribution in [-0.2, 0) is 12.0 Å². The third-order valence-electron chi connectivity index (χ3n) is 3.50. The molecule has 1 saturated carbocycles. The van der Waals surface area contributed by atoms with E-state index in [0.29, 0.717) is 0 Å². The van der Waals surface area contributed by atoms with E-state index in [9.17, 15) is 5.11 Å². The van der Waals surface area contributed by atoms with E-state index < -0.39 is 0 Å². The normalized spacial score (nSPS) is 30.6. The molecule has 0 aromatic carbocycles. The smallest absolute Gasteiger partial charge is 0.0541 e. The molecule has 3 N–H and O–H groups in total. The largest absolute Gasteiger partial charge is 0.393 e. The van der Waals surface area contributed by atoms with Crippen molar-refractivity contribution in [2.45, 2.75) is 57.1 Å². The van der Waals surface area contributed by atoms with Gasteiger partial charge in [-0.05, 0) is 44.2 Å². The number of aliphatic hydroxyl groups is 1. The van der Waals surface area contributed by atoms with Crippen LogP contribution in [-0.4, -0.2) is 11.2 Å². The number of hydrogen-bond donors (Lipinski definition) is 2. The maximum Gasteiger partial charge on any atom is 0.0541 e. The molecule has 0 radical (unpaired) electrons. The van der Waals surface area contributed by atoms with Crippen LogP contribution in [0.4, 0.5) is 0 Å². The third kappa shape index (κ3) is 2.47. The first-order chi connectivity index (χ1) is 7.64. The Morgan fingerprint density at radius 2 is 2.12 bits per heavy atom. The van der Waals surface area contributed by atoms with Gasteiger partial charge < -0.3 is 10.8 Å². The molecule has 1 fully saturated rings. The molecular formula is C13H21NOS. The summed E-state index contributed by atoms with van der Waals surface area (Å²) in [4.78, 5) is 2.75. The van der Waals surface area contributed by atoms with Crippen LogP contribution in [0.3, 0.4) is 0 Å². The van der Waals surface area contributed by atoms with Crippen molar-refractivity contribution in [3.63, 3.8) is 0 Å². The molecule has 2 rings (SSSR count). The van der Waals surface area contributed by atoms with E-state index >= 15 is 0 Å². The van der Waals surface area contributed by atoms with Gasteiger partial charge in [-0.1, -0.05) is 13.3 Å². The fourth-order valence-electron chi connectivity index (χ4n) is 2.39. The van der Waals surface area contributed by atoms with Gasteiger partial charge in [-0.15, -0.1) is 11.3 Å². The van der Waals surface area contributed by atoms with Crippen LogP contribution in [0, 0.1) is 0 Å². The Bertz CT molecular complexity index is 339. The van der Waals surface area contributed by atoms with Crippen molar-refractivity contribution >= 4 is 11.3 Å². The summed E-state index contributed by atoms with van der Waals surface area (Å²) < 4.78 is 0. The summed E-state index contributed by atoms with van der Waals surface area (Å²) in [6.07, 6.45) is 5.74. The van der Waals surface area contributed by atoms with Crippen molar-refractivity contribution in [3.05, 3.63) is 21.9 Å². The molecule has 0 spiro atoms. The highest BCUT2D eigenvalue weighted by molar-refractivity contribution is 7.12. The Labute approximate surface area is 101 Å². The van der Waals surface area contributed by atoms with E-state index in [1.54, 1.807) is 0 Å². The Kier molecular flexibility index (Phi) is 3.67. The summed E-state index contributed by atoms with van der Waals surface area (Å²) in [5.41, 5.74) is 6.28. The van der Waals surface area contributed by atoms with Gasteiger partial charge in [0.15, 0.2) is 0 Å². The quantitative estimate of drug-likeness (QED) is 0.852. The van der Waals surface area contributed by atoms with Gasteiger partial charge in [0, 0.05) is 9.75 Å². The first kappa shape index (κ1) is 12.1. The second kappa shape index (κ2) is 4.86. The van der Waals surface area contributed by atoms with Crippen LogP contribution in [0.5, 0.6) is 0 Å². The Balaban J connectivity index is 2.09. The monoisotopic (exact) mass is 239 g/mol. The van der Waals surface area contributed by atoms with E-state index in [1.807, 2.05) is 11.3 Å². The van der Waals surface area contributed by atoms with Crippen molar-refractivity contribution in [2.24, 2.45) is 5.73 Å². The SMILES string of the molecule is CCCc1ccc(C2(N)CCC(O)CC2)s1. The van der Waals surface area contributed by atoms with Gasteiger partial charge in [0.2, 0.25) is 0 Å². The topological polar surface area (TPSA) is 46.2 Å². The van der Waals surface area contributed by atoms with E-state index in [0.717, 1.165) is 32.1 Å². The zero-order valence-electron chi connectivity index (χ0n) is 9.91. The summed E-state index contributed by atoms with van der Waals surface area (Å²) in [5.74, 6) is 0. The summed E-state index contributed by atoms with van der Waals surface area (Å²) in [6.45, 7) is 2.20. The number of aryl methyl sites for hydroxylation is 1. The van der Waals surface area contributed by atoms with Crippen LogP contribution in [0.2, 0.25) is 0 Å². The summed E-state index contributed by atoms with van der Waals surface area (Å²) in [5, 5.41) is 9.53. The number of thiophene rings is 1. The minimum absolute atomic E-state index is 0.133. The van der Waals surface area contributed by atoms with Crippen molar-refractivity contribution in [1.82, 2.24) is 0 Å². The predicted molar refractivity (Wildman–Crippen MR) is 68.7 cm³/mol. The van der Waals surface area contributed by atoms with Gasteiger partial charge in [0.05, 0.1) is 11.6 Å². The van der Waals surface area contributed by atoms with Crippen LogP contribution in [0.25, 0.3) is 0 Å². The van der Waals surface area contributed by atoms with E-state index in [1.165, 1.54) is 16.2 Å². The zero-order chi connectivity index (χ0) is 11.6. The van der Waals surface area contributed by atoms with Gasteiger partial charge in [0.1, 0.15) is 0 Å². The molecule has 1 aliphatic carbocycles. The molecule has 0 aliphatic heterocycles. The summed E-state index contributed by atoms with van der Waals surface area (Å²) in [7, 11) is 0. The Hall–Kier alpha value is -0.380. The molecule has 1 aromatic rings. The maximum atomic E-state index is 9.53. The van der Waals surface area contributed by atoms with Gasteiger partial charge in [-0.25, -0.2) is 0 Å². The molecule has 0 saturated heterocycles. The Morgan fingerprint density at radius 3 is 2.75 bits per heavy atom. The molecule has 90 valence electrons. The first-order valence-corrected chi connectivity index (χ1v) is 7.02. The van der Waals surface area contributed by atoms with Crippen molar-refractivity contribution in [1.29, 1.82) is 0 Å². The molecule has 1 heterocycles. The lowest BCUT2D eigenvalue weighted by molar-refractivity contribution is 0.0979. The zero-order valence-corrected chi connectivity index (χ0v) is 10.7. The molecule has 0 bridgehead atoms. The molecule has 0 atom stereocenters. The number of aliphatic hydroxyl groups excluding tert-OH is 1. The molecule has 3 heteroatoms. The van der Waals surface area contributed by atoms with Crippen molar-refractivity contribution in [2.75, 3.05) is 0 Å². The van der Waals surface area contributed by atoms with Crippen LogP contribution >= 0.6 is 11.3 Å². The van der Waals surface area contributed by atoms with Gasteiger partial charge in [-0.3, -0.25) is 0 Å². The predicted octanol–water partition coefficient (Wildman–Crippen LogP) is 2.79. The second-order valence-electron chi connectivity index (χ2n) is 4.90. The standard InChI is InChI=1S/C13H21NOS/c1-2-3-11-4-5-12(16-11)13(14)8-6-10(15)7-9-13/h4-5,10,15H,2-3,6-9,14H2,1H3. The molecule has 0 unspecified atom stereocenters. The van der Waals surface area contributed by atoms with Crippen LogP contribution in [0.1, 0.15) is 48.8 Å². The van der Waals surface area contributed by atoms with Gasteiger partial charge in [0.25, 0.3) is 0 Å².